The number of hydrogen-bond donors (Lipinski definition) is 1. The molecule has 0 radical (unpaired) electrons. The van der Waals surface area contributed by atoms with Gasteiger partial charge in [0.15, 0.2) is 0 Å². The van der Waals surface area contributed by atoms with Crippen molar-refractivity contribution in [2.24, 2.45) is 0 Å². The van der Waals surface area contributed by atoms with E-state index in [1.165, 1.54) is 12.1 Å². The van der Waals surface area contributed by atoms with E-state index in [-0.39, 0.29) is 11.7 Å². The van der Waals surface area contributed by atoms with Crippen molar-refractivity contribution in [2.45, 2.75) is 13.2 Å². The number of halogens is 2. The lowest BCUT2D eigenvalue weighted by atomic mass is 10.0. The highest BCUT2D eigenvalue weighted by molar-refractivity contribution is 5.98. The number of hydrogen-bond acceptors (Lipinski definition) is 4. The number of nitrogens with zero attached hydrogens (tertiary/aromatic N) is 2. The number of ether oxygens (including phenoxy) is 2. The van der Waals surface area contributed by atoms with Gasteiger partial charge in [-0.3, -0.25) is 4.79 Å². The number of fused-ring (bicyclic) bond motifs is 2. The van der Waals surface area contributed by atoms with Gasteiger partial charge in [0, 0.05) is 29.9 Å². The van der Waals surface area contributed by atoms with Crippen LogP contribution in [-0.4, -0.2) is 40.5 Å². The van der Waals surface area contributed by atoms with Crippen molar-refractivity contribution >= 4 is 16.9 Å². The SMILES string of the molecule is O=C1c2ccc(-c3cnc4[nH]ccc4c3)cc2OCCN1Cc1ccc(OC(F)F)cc1. The average molecular weight is 435 g/mol. The molecule has 0 spiro atoms. The van der Waals surface area contributed by atoms with Gasteiger partial charge in [0.25, 0.3) is 5.91 Å². The molecule has 1 aliphatic rings. The Morgan fingerprint density at radius 1 is 1.09 bits per heavy atom. The Labute approximate surface area is 182 Å². The van der Waals surface area contributed by atoms with Gasteiger partial charge in [0.05, 0.1) is 12.1 Å². The Hall–Kier alpha value is -3.94. The lowest BCUT2D eigenvalue weighted by Crippen LogP contribution is -2.31. The molecule has 2 aromatic heterocycles. The number of H-pyrrole nitrogens is 1. The fraction of sp³-hybridized carbons (Fsp3) is 0.167. The molecule has 5 rings (SSSR count). The molecule has 4 aromatic rings. The summed E-state index contributed by atoms with van der Waals surface area (Å²) in [5.41, 5.74) is 3.96. The number of aromatic amines is 1. The monoisotopic (exact) mass is 435 g/mol. The molecule has 8 heteroatoms. The maximum Gasteiger partial charge on any atom is 0.387 e. The van der Waals surface area contributed by atoms with Gasteiger partial charge in [-0.1, -0.05) is 18.2 Å². The molecular formula is C24H19F2N3O3. The van der Waals surface area contributed by atoms with Crippen LogP contribution in [0, 0.1) is 0 Å². The van der Waals surface area contributed by atoms with Crippen LogP contribution in [0.2, 0.25) is 0 Å². The fourth-order valence-corrected chi connectivity index (χ4v) is 3.78. The second kappa shape index (κ2) is 8.30. The molecule has 0 aliphatic carbocycles. The van der Waals surface area contributed by atoms with E-state index in [1.54, 1.807) is 29.3 Å². The van der Waals surface area contributed by atoms with Crippen molar-refractivity contribution in [3.63, 3.8) is 0 Å². The number of carbonyl (C=O) groups excluding carboxylic acids is 1. The van der Waals surface area contributed by atoms with E-state index in [1.807, 2.05) is 30.5 Å². The summed E-state index contributed by atoms with van der Waals surface area (Å²) in [4.78, 5) is 22.3. The molecule has 1 N–H and O–H groups in total. The second-order valence-electron chi connectivity index (χ2n) is 7.45. The van der Waals surface area contributed by atoms with Crippen molar-refractivity contribution < 1.29 is 23.0 Å². The summed E-state index contributed by atoms with van der Waals surface area (Å²) >= 11 is 0. The zero-order valence-electron chi connectivity index (χ0n) is 16.9. The molecule has 32 heavy (non-hydrogen) atoms. The van der Waals surface area contributed by atoms with Crippen LogP contribution in [0.15, 0.2) is 67.0 Å². The van der Waals surface area contributed by atoms with E-state index < -0.39 is 6.61 Å². The normalized spacial score (nSPS) is 13.7. The van der Waals surface area contributed by atoms with E-state index in [0.29, 0.717) is 31.0 Å². The third-order valence-corrected chi connectivity index (χ3v) is 5.37. The summed E-state index contributed by atoms with van der Waals surface area (Å²) in [7, 11) is 0. The molecule has 6 nitrogen and oxygen atoms in total. The molecule has 162 valence electrons. The van der Waals surface area contributed by atoms with Crippen LogP contribution in [0.25, 0.3) is 22.2 Å². The quantitative estimate of drug-likeness (QED) is 0.486. The zero-order chi connectivity index (χ0) is 22.1. The summed E-state index contributed by atoms with van der Waals surface area (Å²) in [5.74, 6) is 0.473. The van der Waals surface area contributed by atoms with Gasteiger partial charge in [0.1, 0.15) is 23.8 Å². The number of nitrogens with one attached hydrogen (secondary N) is 1. The summed E-state index contributed by atoms with van der Waals surface area (Å²) in [5, 5.41) is 1.01. The van der Waals surface area contributed by atoms with E-state index >= 15 is 0 Å². The van der Waals surface area contributed by atoms with Gasteiger partial charge in [-0.2, -0.15) is 8.78 Å². The highest BCUT2D eigenvalue weighted by Gasteiger charge is 2.24. The summed E-state index contributed by atoms with van der Waals surface area (Å²) in [6.45, 7) is -1.77. The summed E-state index contributed by atoms with van der Waals surface area (Å²) in [6.07, 6.45) is 3.63. The number of aromatic nitrogens is 2. The minimum Gasteiger partial charge on any atom is -0.491 e. The highest BCUT2D eigenvalue weighted by Crippen LogP contribution is 2.31. The lowest BCUT2D eigenvalue weighted by molar-refractivity contribution is -0.0498. The van der Waals surface area contributed by atoms with Gasteiger partial charge in [0.2, 0.25) is 0 Å². The lowest BCUT2D eigenvalue weighted by Gasteiger charge is -2.20. The molecule has 0 atom stereocenters. The number of carbonyl (C=O) groups is 1. The Bertz CT molecular complexity index is 1270. The van der Waals surface area contributed by atoms with Crippen molar-refractivity contribution in [1.82, 2.24) is 14.9 Å². The van der Waals surface area contributed by atoms with Crippen LogP contribution in [0.5, 0.6) is 11.5 Å². The largest absolute Gasteiger partial charge is 0.491 e. The second-order valence-corrected chi connectivity index (χ2v) is 7.45. The molecular weight excluding hydrogens is 416 g/mol. The summed E-state index contributed by atoms with van der Waals surface area (Å²) in [6, 6.07) is 15.8. The van der Waals surface area contributed by atoms with E-state index in [9.17, 15) is 13.6 Å². The summed E-state index contributed by atoms with van der Waals surface area (Å²) < 4.78 is 34.9. The fourth-order valence-electron chi connectivity index (χ4n) is 3.78. The van der Waals surface area contributed by atoms with Gasteiger partial charge in [-0.15, -0.1) is 0 Å². The van der Waals surface area contributed by atoms with Gasteiger partial charge < -0.3 is 19.4 Å². The van der Waals surface area contributed by atoms with E-state index in [4.69, 9.17) is 4.74 Å². The smallest absolute Gasteiger partial charge is 0.387 e. The number of amides is 1. The first-order chi connectivity index (χ1) is 15.6. The molecule has 0 fully saturated rings. The van der Waals surface area contributed by atoms with Gasteiger partial charge >= 0.3 is 6.61 Å². The van der Waals surface area contributed by atoms with Crippen molar-refractivity contribution in [3.8, 4) is 22.6 Å². The average Bonchev–Trinajstić information content (AvgIpc) is 3.21. The van der Waals surface area contributed by atoms with Gasteiger partial charge in [-0.05, 0) is 47.5 Å². The maximum atomic E-state index is 13.1. The van der Waals surface area contributed by atoms with E-state index in [2.05, 4.69) is 14.7 Å². The molecule has 0 saturated carbocycles. The Balaban J connectivity index is 1.36. The molecule has 3 heterocycles. The molecule has 0 bridgehead atoms. The molecule has 0 saturated heterocycles. The zero-order valence-corrected chi connectivity index (χ0v) is 16.9. The first-order valence-corrected chi connectivity index (χ1v) is 10.1. The van der Waals surface area contributed by atoms with Crippen LogP contribution in [0.3, 0.4) is 0 Å². The van der Waals surface area contributed by atoms with Crippen LogP contribution < -0.4 is 9.47 Å². The molecule has 1 amide bonds. The minimum atomic E-state index is -2.87. The predicted molar refractivity (Wildman–Crippen MR) is 115 cm³/mol. The topological polar surface area (TPSA) is 67.5 Å². The maximum absolute atomic E-state index is 13.1. The minimum absolute atomic E-state index is 0.0828. The van der Waals surface area contributed by atoms with E-state index in [0.717, 1.165) is 27.7 Å². The van der Waals surface area contributed by atoms with Crippen LogP contribution in [-0.2, 0) is 6.54 Å². The molecule has 0 unspecified atom stereocenters. The van der Waals surface area contributed by atoms with Crippen LogP contribution in [0.4, 0.5) is 8.78 Å². The number of benzene rings is 2. The van der Waals surface area contributed by atoms with Crippen molar-refractivity contribution in [3.05, 3.63) is 78.1 Å². The van der Waals surface area contributed by atoms with Crippen LogP contribution >= 0.6 is 0 Å². The highest BCUT2D eigenvalue weighted by atomic mass is 19.3. The molecule has 2 aromatic carbocycles. The number of alkyl halides is 2. The Kier molecular flexibility index (Phi) is 5.18. The first kappa shape index (κ1) is 20.0. The number of pyridine rings is 1. The Morgan fingerprint density at radius 2 is 1.94 bits per heavy atom. The Morgan fingerprint density at radius 3 is 2.75 bits per heavy atom. The predicted octanol–water partition coefficient (Wildman–Crippen LogP) is 4.87. The van der Waals surface area contributed by atoms with Crippen LogP contribution in [0.1, 0.15) is 15.9 Å². The standard InChI is InChI=1S/C24H19F2N3O3/c25-24(26)32-19-4-1-15(2-5-19)14-29-9-10-31-21-12-16(3-6-20(21)23(29)30)18-11-17-7-8-27-22(17)28-13-18/h1-8,11-13,24H,9-10,14H2,(H,27,28). The third-order valence-electron chi connectivity index (χ3n) is 5.37. The van der Waals surface area contributed by atoms with Gasteiger partial charge in [-0.25, -0.2) is 4.98 Å². The number of rotatable bonds is 5. The van der Waals surface area contributed by atoms with Crippen molar-refractivity contribution in [1.29, 1.82) is 0 Å². The van der Waals surface area contributed by atoms with Crippen molar-refractivity contribution in [2.75, 3.05) is 13.2 Å². The first-order valence-electron chi connectivity index (χ1n) is 10.1. The third kappa shape index (κ3) is 3.99. The molecule has 1 aliphatic heterocycles.